The number of amides is 1. The number of hydrogen-bond acceptors (Lipinski definition) is 4. The summed E-state index contributed by atoms with van der Waals surface area (Å²) in [7, 11) is -0.816. The molecule has 0 atom stereocenters. The van der Waals surface area contributed by atoms with E-state index in [9.17, 15) is 19.1 Å². The minimum Gasteiger partial charge on any atom is -0.349 e. The monoisotopic (exact) mass is 316 g/mol. The van der Waals surface area contributed by atoms with E-state index >= 15 is 0 Å². The van der Waals surface area contributed by atoms with Crippen molar-refractivity contribution < 1.29 is 13.9 Å². The fourth-order valence-corrected chi connectivity index (χ4v) is 3.63. The number of carbonyl (C=O) groups is 1. The zero-order valence-electron chi connectivity index (χ0n) is 10.5. The molecule has 1 N–H and O–H groups in total. The number of nitrogens with zero attached hydrogens (tertiary/aromatic N) is 1. The smallest absolute Gasteiger partial charge is 0.300 e. The zero-order chi connectivity index (χ0) is 14.7. The zero-order valence-corrected chi connectivity index (χ0v) is 12.1. The fourth-order valence-electron chi connectivity index (χ4n) is 2.09. The molecule has 20 heavy (non-hydrogen) atoms. The van der Waals surface area contributed by atoms with Crippen molar-refractivity contribution in [2.24, 2.45) is 0 Å². The first-order valence-electron chi connectivity index (χ1n) is 6.08. The molecule has 1 aromatic carbocycles. The van der Waals surface area contributed by atoms with E-state index in [1.807, 2.05) is 0 Å². The molecule has 0 aromatic heterocycles. The van der Waals surface area contributed by atoms with Gasteiger partial charge in [0.2, 0.25) is 0 Å². The van der Waals surface area contributed by atoms with Crippen molar-refractivity contribution in [2.75, 3.05) is 11.5 Å². The predicted octanol–water partition coefficient (Wildman–Crippen LogP) is 1.89. The molecule has 1 fully saturated rings. The molecule has 1 aliphatic rings. The number of halogens is 1. The third kappa shape index (κ3) is 3.34. The number of hydrogen-bond donors (Lipinski definition) is 1. The number of para-hydroxylation sites is 1. The highest BCUT2D eigenvalue weighted by atomic mass is 35.5. The van der Waals surface area contributed by atoms with Gasteiger partial charge in [-0.3, -0.25) is 19.1 Å². The van der Waals surface area contributed by atoms with Crippen LogP contribution in [0.1, 0.15) is 23.2 Å². The van der Waals surface area contributed by atoms with Crippen LogP contribution < -0.4 is 5.32 Å². The summed E-state index contributed by atoms with van der Waals surface area (Å²) in [5.41, 5.74) is -0.430. The molecular formula is C12H13ClN2O4S. The van der Waals surface area contributed by atoms with Crippen molar-refractivity contribution in [1.82, 2.24) is 5.32 Å². The molecule has 1 aliphatic heterocycles. The third-order valence-electron chi connectivity index (χ3n) is 3.14. The Kier molecular flexibility index (Phi) is 4.72. The first kappa shape index (κ1) is 14.9. The van der Waals surface area contributed by atoms with Gasteiger partial charge in [0.25, 0.3) is 5.91 Å². The summed E-state index contributed by atoms with van der Waals surface area (Å²) in [5.74, 6) is 0.572. The number of nitro benzene ring substituents is 1. The van der Waals surface area contributed by atoms with Crippen LogP contribution in [-0.4, -0.2) is 32.6 Å². The lowest BCUT2D eigenvalue weighted by atomic mass is 10.1. The van der Waals surface area contributed by atoms with E-state index < -0.39 is 21.6 Å². The van der Waals surface area contributed by atoms with Gasteiger partial charge in [-0.05, 0) is 25.0 Å². The lowest BCUT2D eigenvalue weighted by Crippen LogP contribution is -2.39. The van der Waals surface area contributed by atoms with Crippen molar-refractivity contribution in [3.8, 4) is 0 Å². The van der Waals surface area contributed by atoms with E-state index in [-0.39, 0.29) is 22.3 Å². The molecule has 0 aliphatic carbocycles. The second-order valence-corrected chi connectivity index (χ2v) is 6.59. The Morgan fingerprint density at radius 2 is 2.05 bits per heavy atom. The Labute approximate surface area is 123 Å². The Morgan fingerprint density at radius 1 is 1.40 bits per heavy atom. The molecular weight excluding hydrogens is 304 g/mol. The van der Waals surface area contributed by atoms with Gasteiger partial charge < -0.3 is 5.32 Å². The predicted molar refractivity (Wildman–Crippen MR) is 76.5 cm³/mol. The van der Waals surface area contributed by atoms with Gasteiger partial charge in [0.05, 0.1) is 4.92 Å². The molecule has 6 nitrogen and oxygen atoms in total. The van der Waals surface area contributed by atoms with Crippen molar-refractivity contribution in [3.05, 3.63) is 38.9 Å². The molecule has 0 bridgehead atoms. The lowest BCUT2D eigenvalue weighted by Gasteiger charge is -2.22. The highest BCUT2D eigenvalue weighted by Gasteiger charge is 2.26. The summed E-state index contributed by atoms with van der Waals surface area (Å²) >= 11 is 5.77. The maximum absolute atomic E-state index is 12.1. The summed E-state index contributed by atoms with van der Waals surface area (Å²) in [5, 5.41) is 13.7. The van der Waals surface area contributed by atoms with E-state index in [0.717, 1.165) is 0 Å². The van der Waals surface area contributed by atoms with Crippen LogP contribution in [0.3, 0.4) is 0 Å². The number of nitrogens with one attached hydrogen (secondary N) is 1. The number of benzene rings is 1. The molecule has 1 heterocycles. The van der Waals surface area contributed by atoms with Gasteiger partial charge in [0.15, 0.2) is 0 Å². The van der Waals surface area contributed by atoms with Gasteiger partial charge in [0, 0.05) is 28.3 Å². The van der Waals surface area contributed by atoms with Gasteiger partial charge in [-0.25, -0.2) is 0 Å². The molecule has 0 radical (unpaired) electrons. The number of carbonyl (C=O) groups excluding carboxylic acids is 1. The standard InChI is InChI=1S/C12H13ClN2O4S/c13-10-3-1-2-9(11(10)15(17)18)12(16)14-8-4-6-20(19)7-5-8/h1-3,8H,4-7H2,(H,14,16). The molecule has 2 rings (SSSR count). The van der Waals surface area contributed by atoms with Crippen molar-refractivity contribution in [1.29, 1.82) is 0 Å². The van der Waals surface area contributed by atoms with Crippen molar-refractivity contribution in [2.45, 2.75) is 18.9 Å². The molecule has 1 aromatic rings. The molecule has 1 amide bonds. The van der Waals surface area contributed by atoms with Gasteiger partial charge in [-0.15, -0.1) is 0 Å². The summed E-state index contributed by atoms with van der Waals surface area (Å²) in [6, 6.07) is 4.15. The highest BCUT2D eigenvalue weighted by Crippen LogP contribution is 2.28. The first-order chi connectivity index (χ1) is 9.49. The van der Waals surface area contributed by atoms with Crippen LogP contribution in [0.25, 0.3) is 0 Å². The molecule has 108 valence electrons. The third-order valence-corrected chi connectivity index (χ3v) is 4.82. The Morgan fingerprint density at radius 3 is 2.65 bits per heavy atom. The quantitative estimate of drug-likeness (QED) is 0.681. The molecule has 0 spiro atoms. The van der Waals surface area contributed by atoms with Crippen LogP contribution in [0.15, 0.2) is 18.2 Å². The minimum atomic E-state index is -0.816. The van der Waals surface area contributed by atoms with Gasteiger partial charge in [-0.1, -0.05) is 17.7 Å². The van der Waals surface area contributed by atoms with Crippen LogP contribution in [0.4, 0.5) is 5.69 Å². The van der Waals surface area contributed by atoms with Crippen LogP contribution >= 0.6 is 11.6 Å². The summed E-state index contributed by atoms with van der Waals surface area (Å²) < 4.78 is 11.2. The van der Waals surface area contributed by atoms with Gasteiger partial charge in [0.1, 0.15) is 10.6 Å². The summed E-state index contributed by atoms with van der Waals surface area (Å²) in [6.07, 6.45) is 1.24. The molecule has 1 saturated heterocycles. The lowest BCUT2D eigenvalue weighted by molar-refractivity contribution is -0.385. The molecule has 8 heteroatoms. The highest BCUT2D eigenvalue weighted by molar-refractivity contribution is 7.85. The van der Waals surface area contributed by atoms with Crippen molar-refractivity contribution >= 4 is 34.0 Å². The fraction of sp³-hybridized carbons (Fsp3) is 0.417. The van der Waals surface area contributed by atoms with E-state index in [1.165, 1.54) is 18.2 Å². The van der Waals surface area contributed by atoms with Crippen LogP contribution in [-0.2, 0) is 10.8 Å². The van der Waals surface area contributed by atoms with Crippen LogP contribution in [0, 0.1) is 10.1 Å². The SMILES string of the molecule is O=C(NC1CCS(=O)CC1)c1cccc(Cl)c1[N+](=O)[O-]. The average molecular weight is 317 g/mol. The van der Waals surface area contributed by atoms with E-state index in [1.54, 1.807) is 0 Å². The van der Waals surface area contributed by atoms with Gasteiger partial charge >= 0.3 is 5.69 Å². The Balaban J connectivity index is 2.15. The normalized spacial score (nSPS) is 22.2. The maximum atomic E-state index is 12.1. The second kappa shape index (κ2) is 6.32. The minimum absolute atomic E-state index is 0.0470. The van der Waals surface area contributed by atoms with Crippen LogP contribution in [0.5, 0.6) is 0 Å². The van der Waals surface area contributed by atoms with Gasteiger partial charge in [-0.2, -0.15) is 0 Å². The first-order valence-corrected chi connectivity index (χ1v) is 7.94. The van der Waals surface area contributed by atoms with Crippen LogP contribution in [0.2, 0.25) is 5.02 Å². The summed E-state index contributed by atoms with van der Waals surface area (Å²) in [6.45, 7) is 0. The summed E-state index contributed by atoms with van der Waals surface area (Å²) in [4.78, 5) is 22.4. The molecule has 0 unspecified atom stereocenters. The topological polar surface area (TPSA) is 89.3 Å². The second-order valence-electron chi connectivity index (χ2n) is 4.49. The Hall–Kier alpha value is -1.47. The van der Waals surface area contributed by atoms with E-state index in [0.29, 0.717) is 24.3 Å². The number of rotatable bonds is 3. The largest absolute Gasteiger partial charge is 0.349 e. The maximum Gasteiger partial charge on any atom is 0.300 e. The average Bonchev–Trinajstić information content (AvgIpc) is 2.40. The number of nitro groups is 1. The Bertz CT molecular complexity index is 569. The van der Waals surface area contributed by atoms with Crippen molar-refractivity contribution in [3.63, 3.8) is 0 Å². The van der Waals surface area contributed by atoms with E-state index in [2.05, 4.69) is 5.32 Å². The van der Waals surface area contributed by atoms with E-state index in [4.69, 9.17) is 11.6 Å². The molecule has 0 saturated carbocycles.